The summed E-state index contributed by atoms with van der Waals surface area (Å²) < 4.78 is 0. The fourth-order valence-corrected chi connectivity index (χ4v) is 0. The van der Waals surface area contributed by atoms with E-state index in [0.29, 0.717) is 0 Å². The Kier molecular flexibility index (Phi) is 60.2. The van der Waals surface area contributed by atoms with Gasteiger partial charge in [-0.05, 0) is 0 Å². The van der Waals surface area contributed by atoms with Crippen LogP contribution in [-0.4, -0.2) is 29.4 Å². The van der Waals surface area contributed by atoms with Crippen molar-refractivity contribution in [3.8, 4) is 0 Å². The summed E-state index contributed by atoms with van der Waals surface area (Å²) in [5, 5.41) is 0. The van der Waals surface area contributed by atoms with Crippen molar-refractivity contribution in [3.63, 3.8) is 0 Å². The van der Waals surface area contributed by atoms with Gasteiger partial charge in [-0.1, -0.05) is 0 Å². The van der Waals surface area contributed by atoms with Gasteiger partial charge in [0, 0.05) is 0 Å². The fourth-order valence-electron chi connectivity index (χ4n) is 0. The van der Waals surface area contributed by atoms with Crippen molar-refractivity contribution in [1.82, 2.24) is 0 Å². The first-order chi connectivity index (χ1) is 3.46. The monoisotopic (exact) mass is 266 g/mol. The quantitative estimate of drug-likeness (QED) is 0.304. The van der Waals surface area contributed by atoms with E-state index in [2.05, 4.69) is 0 Å². The normalized spacial score (nSPS) is 6.55. The summed E-state index contributed by atoms with van der Waals surface area (Å²) >= 11 is 0. The van der Waals surface area contributed by atoms with E-state index in [4.69, 9.17) is 29.4 Å². The average Bonchev–Trinajstić information content (AvgIpc) is 1.25. The second-order valence-corrected chi connectivity index (χ2v) is 1.61. The Bertz CT molecular complexity index is 31.3. The van der Waals surface area contributed by atoms with Crippen molar-refractivity contribution in [1.29, 1.82) is 0 Å². The standard InChI is InChI=1S/2H3O3P.3H2S/c2*1-4(2)3;;;/h2*1-3H;3*1H2. The van der Waals surface area contributed by atoms with Crippen molar-refractivity contribution >= 4 is 57.7 Å². The van der Waals surface area contributed by atoms with Crippen LogP contribution in [0.2, 0.25) is 0 Å². The predicted octanol–water partition coefficient (Wildman–Crippen LogP) is -1.28. The SMILES string of the molecule is OP(O)O.OP(O)O.S.S.S. The van der Waals surface area contributed by atoms with Crippen molar-refractivity contribution in [2.75, 3.05) is 0 Å². The minimum Gasteiger partial charge on any atom is -0.328 e. The van der Waals surface area contributed by atoms with Crippen LogP contribution in [-0.2, 0) is 0 Å². The summed E-state index contributed by atoms with van der Waals surface area (Å²) in [5.74, 6) is 0. The second-order valence-electron chi connectivity index (χ2n) is 0.537. The molecule has 0 rings (SSSR count). The van der Waals surface area contributed by atoms with E-state index in [1.165, 1.54) is 0 Å². The van der Waals surface area contributed by atoms with E-state index >= 15 is 0 Å². The Morgan fingerprint density at radius 1 is 0.455 bits per heavy atom. The van der Waals surface area contributed by atoms with Crippen LogP contribution in [0.1, 0.15) is 0 Å². The first-order valence-corrected chi connectivity index (χ1v) is 3.60. The Labute approximate surface area is 87.2 Å². The summed E-state index contributed by atoms with van der Waals surface area (Å²) in [6, 6.07) is 0. The number of hydrogen-bond donors (Lipinski definition) is 6. The zero-order valence-corrected chi connectivity index (χ0v) is 9.87. The van der Waals surface area contributed by atoms with E-state index in [1.807, 2.05) is 0 Å². The van der Waals surface area contributed by atoms with Gasteiger partial charge in [-0.25, -0.2) is 0 Å². The molecule has 0 amide bonds. The van der Waals surface area contributed by atoms with Crippen LogP contribution in [0.5, 0.6) is 0 Å². The summed E-state index contributed by atoms with van der Waals surface area (Å²) in [4.78, 5) is 43.4. The molecule has 0 radical (unpaired) electrons. The molecule has 11 heavy (non-hydrogen) atoms. The molecule has 0 fully saturated rings. The number of hydrogen-bond acceptors (Lipinski definition) is 6. The van der Waals surface area contributed by atoms with Gasteiger partial charge >= 0.3 is 17.2 Å². The predicted molar refractivity (Wildman–Crippen MR) is 58.3 cm³/mol. The largest absolute Gasteiger partial charge is 0.328 e. The molecule has 0 heterocycles. The minimum absolute atomic E-state index is 0. The van der Waals surface area contributed by atoms with Gasteiger partial charge in [0.05, 0.1) is 0 Å². The molecule has 0 bridgehead atoms. The minimum atomic E-state index is -2.62. The molecule has 0 aliphatic carbocycles. The first-order valence-electron chi connectivity index (χ1n) is 1.20. The molecule has 0 spiro atoms. The van der Waals surface area contributed by atoms with Crippen molar-refractivity contribution in [2.24, 2.45) is 0 Å². The van der Waals surface area contributed by atoms with E-state index in [9.17, 15) is 0 Å². The highest BCUT2D eigenvalue weighted by Crippen LogP contribution is 2.12. The van der Waals surface area contributed by atoms with Gasteiger partial charge in [0.25, 0.3) is 0 Å². The molecule has 0 aromatic rings. The molecule has 76 valence electrons. The van der Waals surface area contributed by atoms with E-state index in [0.717, 1.165) is 0 Å². The molecule has 0 unspecified atom stereocenters. The Balaban J connectivity index is -0.0000000171. The average molecular weight is 266 g/mol. The molecular formula is H12O6P2S3. The van der Waals surface area contributed by atoms with Crippen LogP contribution in [0.4, 0.5) is 0 Å². The summed E-state index contributed by atoms with van der Waals surface area (Å²) in [6.45, 7) is 0. The van der Waals surface area contributed by atoms with Gasteiger partial charge in [0.15, 0.2) is 0 Å². The highest BCUT2D eigenvalue weighted by atomic mass is 32.1. The molecule has 6 nitrogen and oxygen atoms in total. The molecule has 0 aromatic carbocycles. The lowest BCUT2D eigenvalue weighted by atomic mass is 15.8. The van der Waals surface area contributed by atoms with Crippen molar-refractivity contribution in [3.05, 3.63) is 0 Å². The third-order valence-electron chi connectivity index (χ3n) is 0. The van der Waals surface area contributed by atoms with Crippen LogP contribution >= 0.6 is 57.7 Å². The van der Waals surface area contributed by atoms with Crippen LogP contribution in [0, 0.1) is 0 Å². The maximum atomic E-state index is 7.23. The lowest BCUT2D eigenvalue weighted by Gasteiger charge is -1.76. The fraction of sp³-hybridized carbons (Fsp3) is 0. The third-order valence-corrected chi connectivity index (χ3v) is 0. The smallest absolute Gasteiger partial charge is 0.324 e. The van der Waals surface area contributed by atoms with Crippen LogP contribution < -0.4 is 0 Å². The molecule has 0 aliphatic rings. The first kappa shape index (κ1) is 29.3. The van der Waals surface area contributed by atoms with Crippen LogP contribution in [0.25, 0.3) is 0 Å². The molecular weight excluding hydrogens is 254 g/mol. The van der Waals surface area contributed by atoms with Crippen LogP contribution in [0.15, 0.2) is 0 Å². The topological polar surface area (TPSA) is 121 Å². The third kappa shape index (κ3) is 391. The molecule has 0 atom stereocenters. The van der Waals surface area contributed by atoms with E-state index < -0.39 is 17.2 Å². The Morgan fingerprint density at radius 2 is 0.455 bits per heavy atom. The van der Waals surface area contributed by atoms with Gasteiger partial charge in [-0.15, -0.1) is 0 Å². The molecule has 6 N–H and O–H groups in total. The second kappa shape index (κ2) is 22.6. The van der Waals surface area contributed by atoms with Crippen LogP contribution in [0.3, 0.4) is 0 Å². The summed E-state index contributed by atoms with van der Waals surface area (Å²) in [7, 11) is -5.24. The lowest BCUT2D eigenvalue weighted by Crippen LogP contribution is -1.54. The Hall–Kier alpha value is 1.67. The maximum Gasteiger partial charge on any atom is 0.324 e. The van der Waals surface area contributed by atoms with Gasteiger partial charge in [-0.2, -0.15) is 40.5 Å². The van der Waals surface area contributed by atoms with Crippen molar-refractivity contribution < 1.29 is 29.4 Å². The van der Waals surface area contributed by atoms with Crippen molar-refractivity contribution in [2.45, 2.75) is 0 Å². The zero-order chi connectivity index (χ0) is 7.15. The molecule has 0 saturated carbocycles. The molecule has 0 saturated heterocycles. The highest BCUT2D eigenvalue weighted by Gasteiger charge is 1.76. The lowest BCUT2D eigenvalue weighted by molar-refractivity contribution is 0.366. The van der Waals surface area contributed by atoms with Gasteiger partial charge in [0.2, 0.25) is 0 Å². The molecule has 0 aliphatic heterocycles. The molecule has 0 aromatic heterocycles. The van der Waals surface area contributed by atoms with Gasteiger partial charge in [-0.3, -0.25) is 0 Å². The zero-order valence-electron chi connectivity index (χ0n) is 5.08. The van der Waals surface area contributed by atoms with Gasteiger partial charge in [0.1, 0.15) is 0 Å². The highest BCUT2D eigenvalue weighted by molar-refractivity contribution is 7.59. The number of rotatable bonds is 0. The maximum absolute atomic E-state index is 7.23. The summed E-state index contributed by atoms with van der Waals surface area (Å²) in [5.41, 5.74) is 0. The van der Waals surface area contributed by atoms with E-state index in [1.54, 1.807) is 0 Å². The Morgan fingerprint density at radius 3 is 0.455 bits per heavy atom. The van der Waals surface area contributed by atoms with Gasteiger partial charge < -0.3 is 29.4 Å². The summed E-state index contributed by atoms with van der Waals surface area (Å²) in [6.07, 6.45) is 0. The van der Waals surface area contributed by atoms with E-state index in [-0.39, 0.29) is 40.5 Å². The molecule has 11 heteroatoms.